The summed E-state index contributed by atoms with van der Waals surface area (Å²) in [4.78, 5) is 20.9. The Labute approximate surface area is 220 Å². The van der Waals surface area contributed by atoms with E-state index in [0.717, 1.165) is 11.3 Å². The van der Waals surface area contributed by atoms with Crippen molar-refractivity contribution < 1.29 is 23.4 Å². The maximum Gasteiger partial charge on any atom is 0.410 e. The van der Waals surface area contributed by atoms with E-state index >= 15 is 4.39 Å². The van der Waals surface area contributed by atoms with Crippen LogP contribution < -0.4 is 9.47 Å². The molecule has 5 rings (SSSR count). The van der Waals surface area contributed by atoms with E-state index in [-0.39, 0.29) is 17.7 Å². The van der Waals surface area contributed by atoms with Gasteiger partial charge in [-0.15, -0.1) is 0 Å². The van der Waals surface area contributed by atoms with Crippen molar-refractivity contribution in [3.8, 4) is 28.3 Å². The fraction of sp³-hybridized carbons (Fsp3) is 0.407. The maximum absolute atomic E-state index is 15.1. The fourth-order valence-corrected chi connectivity index (χ4v) is 5.16. The first-order chi connectivity index (χ1) is 17.7. The van der Waals surface area contributed by atoms with Crippen molar-refractivity contribution in [1.29, 1.82) is 0 Å². The van der Waals surface area contributed by atoms with E-state index in [0.29, 0.717) is 54.9 Å². The van der Waals surface area contributed by atoms with Crippen LogP contribution in [0.2, 0.25) is 5.02 Å². The van der Waals surface area contributed by atoms with Gasteiger partial charge in [0.25, 0.3) is 0 Å². The van der Waals surface area contributed by atoms with Crippen molar-refractivity contribution in [2.75, 3.05) is 33.4 Å². The van der Waals surface area contributed by atoms with Crippen molar-refractivity contribution in [2.45, 2.75) is 39.0 Å². The molecule has 0 saturated carbocycles. The van der Waals surface area contributed by atoms with Gasteiger partial charge in [0.05, 0.1) is 35.8 Å². The first-order valence-electron chi connectivity index (χ1n) is 12.2. The molecule has 10 heteroatoms. The van der Waals surface area contributed by atoms with Gasteiger partial charge in [0, 0.05) is 49.7 Å². The van der Waals surface area contributed by atoms with Crippen LogP contribution in [-0.2, 0) is 11.3 Å². The number of halogens is 2. The van der Waals surface area contributed by atoms with Gasteiger partial charge in [-0.1, -0.05) is 17.7 Å². The Morgan fingerprint density at radius 2 is 2.08 bits per heavy atom. The zero-order valence-electron chi connectivity index (χ0n) is 21.3. The number of hydrogen-bond donors (Lipinski definition) is 0. The topological polar surface area (TPSA) is 69.1 Å². The fourth-order valence-electron chi connectivity index (χ4n) is 4.85. The molecule has 1 atom stereocenters. The zero-order chi connectivity index (χ0) is 26.3. The summed E-state index contributed by atoms with van der Waals surface area (Å²) < 4.78 is 34.4. The molecule has 3 heterocycles. The van der Waals surface area contributed by atoms with Gasteiger partial charge in [-0.05, 0) is 39.0 Å². The van der Waals surface area contributed by atoms with Crippen LogP contribution in [0.4, 0.5) is 9.18 Å². The number of benzene rings is 2. The number of carbonyl (C=O) groups is 1. The minimum absolute atomic E-state index is 0.0631. The lowest BCUT2D eigenvalue weighted by Gasteiger charge is -2.40. The molecule has 37 heavy (non-hydrogen) atoms. The Kier molecular flexibility index (Phi) is 6.76. The van der Waals surface area contributed by atoms with Crippen LogP contribution in [0.3, 0.4) is 0 Å². The van der Waals surface area contributed by atoms with Gasteiger partial charge in [-0.25, -0.2) is 14.2 Å². The van der Waals surface area contributed by atoms with Crippen LogP contribution in [0.1, 0.15) is 26.3 Å². The van der Waals surface area contributed by atoms with E-state index in [4.69, 9.17) is 25.8 Å². The molecule has 2 aliphatic rings. The van der Waals surface area contributed by atoms with E-state index in [1.807, 2.05) is 37.6 Å². The van der Waals surface area contributed by atoms with E-state index in [9.17, 15) is 4.79 Å². The third-order valence-electron chi connectivity index (χ3n) is 6.58. The van der Waals surface area contributed by atoms with E-state index < -0.39 is 11.4 Å². The minimum Gasteiger partial charge on any atom is -0.496 e. The van der Waals surface area contributed by atoms with Crippen molar-refractivity contribution in [3.05, 3.63) is 59.4 Å². The van der Waals surface area contributed by atoms with E-state index in [1.54, 1.807) is 29.6 Å². The van der Waals surface area contributed by atoms with Crippen LogP contribution >= 0.6 is 11.6 Å². The van der Waals surface area contributed by atoms with Gasteiger partial charge in [-0.3, -0.25) is 4.90 Å². The molecular formula is C27H30ClFN4O4. The lowest BCUT2D eigenvalue weighted by atomic mass is 9.99. The highest BCUT2D eigenvalue weighted by Gasteiger charge is 2.36. The van der Waals surface area contributed by atoms with Crippen molar-refractivity contribution in [2.24, 2.45) is 0 Å². The highest BCUT2D eigenvalue weighted by Crippen LogP contribution is 2.46. The Balaban J connectivity index is 1.55. The number of piperazine rings is 1. The summed E-state index contributed by atoms with van der Waals surface area (Å²) in [7, 11) is 1.50. The van der Waals surface area contributed by atoms with Crippen molar-refractivity contribution >= 4 is 17.7 Å². The van der Waals surface area contributed by atoms with Crippen LogP contribution in [0, 0.1) is 5.82 Å². The van der Waals surface area contributed by atoms with E-state index in [1.165, 1.54) is 13.2 Å². The normalized spacial score (nSPS) is 17.9. The molecule has 0 aliphatic carbocycles. The molecule has 2 aromatic carbocycles. The number of rotatable bonds is 3. The second-order valence-electron chi connectivity index (χ2n) is 10.2. The first kappa shape index (κ1) is 25.4. The number of hydrogen-bond acceptors (Lipinski definition) is 6. The van der Waals surface area contributed by atoms with Crippen LogP contribution in [0.25, 0.3) is 16.8 Å². The van der Waals surface area contributed by atoms with Gasteiger partial charge in [0.2, 0.25) is 0 Å². The zero-order valence-corrected chi connectivity index (χ0v) is 22.1. The number of amides is 1. The van der Waals surface area contributed by atoms with Gasteiger partial charge < -0.3 is 23.7 Å². The van der Waals surface area contributed by atoms with Crippen molar-refractivity contribution in [1.82, 2.24) is 19.4 Å². The Hall–Kier alpha value is -3.30. The smallest absolute Gasteiger partial charge is 0.410 e. The third kappa shape index (κ3) is 4.98. The third-order valence-corrected chi connectivity index (χ3v) is 6.96. The number of nitrogens with zero attached hydrogens (tertiary/aromatic N) is 4. The maximum atomic E-state index is 15.1. The molecule has 0 bridgehead atoms. The molecule has 0 unspecified atom stereocenters. The molecule has 1 saturated heterocycles. The summed E-state index contributed by atoms with van der Waals surface area (Å²) >= 11 is 6.94. The van der Waals surface area contributed by atoms with Gasteiger partial charge in [0.1, 0.15) is 29.5 Å². The summed E-state index contributed by atoms with van der Waals surface area (Å²) in [6.45, 7) is 8.08. The molecule has 0 spiro atoms. The molecule has 0 radical (unpaired) electrons. The summed E-state index contributed by atoms with van der Waals surface area (Å²) in [5, 5.41) is 0.311. The van der Waals surface area contributed by atoms with Crippen LogP contribution in [0.5, 0.6) is 11.5 Å². The quantitative estimate of drug-likeness (QED) is 0.468. The monoisotopic (exact) mass is 528 g/mol. The molecule has 196 valence electrons. The minimum atomic E-state index is -0.568. The molecule has 3 aromatic rings. The second kappa shape index (κ2) is 9.87. The number of fused-ring (bicyclic) bond motifs is 2. The SMILES string of the molecule is COc1cccc(F)c1-c1cc(-n2ccnc2)c2c(c1Cl)OC[C@H]1CN(C(=O)OC(C)(C)C)CCN1C2. The van der Waals surface area contributed by atoms with E-state index in [2.05, 4.69) is 9.88 Å². The molecular weight excluding hydrogens is 499 g/mol. The van der Waals surface area contributed by atoms with Gasteiger partial charge in [0.15, 0.2) is 0 Å². The summed E-state index contributed by atoms with van der Waals surface area (Å²) in [5.74, 6) is 0.417. The largest absolute Gasteiger partial charge is 0.496 e. The van der Waals surface area contributed by atoms with Crippen molar-refractivity contribution in [3.63, 3.8) is 0 Å². The molecule has 0 N–H and O–H groups in total. The van der Waals surface area contributed by atoms with Crippen LogP contribution in [-0.4, -0.2) is 70.4 Å². The predicted molar refractivity (Wildman–Crippen MR) is 138 cm³/mol. The molecule has 8 nitrogen and oxygen atoms in total. The lowest BCUT2D eigenvalue weighted by Crippen LogP contribution is -2.56. The second-order valence-corrected chi connectivity index (χ2v) is 10.6. The number of imidazole rings is 1. The lowest BCUT2D eigenvalue weighted by molar-refractivity contribution is -0.00154. The average Bonchev–Trinajstić information content (AvgIpc) is 3.31. The summed E-state index contributed by atoms with van der Waals surface area (Å²) in [5.41, 5.74) is 1.82. The molecule has 1 aromatic heterocycles. The number of aromatic nitrogens is 2. The standard InChI is InChI=1S/C27H30ClFN4O4/c1-27(2,3)37-26(34)32-11-10-31-14-19-21(33-9-8-30-16-33)12-18(23-20(29)6-5-7-22(23)35-4)24(28)25(19)36-15-17(31)13-32/h5-9,12,16-17H,10-11,13-15H2,1-4H3/t17-/m1/s1. The Morgan fingerprint density at radius 3 is 2.78 bits per heavy atom. The average molecular weight is 529 g/mol. The molecule has 2 aliphatic heterocycles. The molecule has 1 fully saturated rings. The Bertz CT molecular complexity index is 1310. The van der Waals surface area contributed by atoms with Gasteiger partial charge in [-0.2, -0.15) is 0 Å². The highest BCUT2D eigenvalue weighted by atomic mass is 35.5. The highest BCUT2D eigenvalue weighted by molar-refractivity contribution is 6.35. The summed E-state index contributed by atoms with van der Waals surface area (Å²) in [6, 6.07) is 6.46. The Morgan fingerprint density at radius 1 is 1.27 bits per heavy atom. The van der Waals surface area contributed by atoms with Crippen LogP contribution in [0.15, 0.2) is 43.0 Å². The predicted octanol–water partition coefficient (Wildman–Crippen LogP) is 5.15. The number of carbonyl (C=O) groups excluding carboxylic acids is 1. The first-order valence-corrected chi connectivity index (χ1v) is 12.6. The molecule has 1 amide bonds. The number of methoxy groups -OCH3 is 1. The summed E-state index contributed by atoms with van der Waals surface area (Å²) in [6.07, 6.45) is 4.87. The number of ether oxygens (including phenoxy) is 3. The van der Waals surface area contributed by atoms with Gasteiger partial charge >= 0.3 is 6.09 Å².